The van der Waals surface area contributed by atoms with Gasteiger partial charge in [-0.2, -0.15) is 0 Å². The Kier molecular flexibility index (Phi) is 5.01. The quantitative estimate of drug-likeness (QED) is 0.565. The molecule has 0 saturated carbocycles. The molecular formula is C25H22O2S. The van der Waals surface area contributed by atoms with E-state index in [-0.39, 0.29) is 0 Å². The molecule has 3 heteroatoms. The van der Waals surface area contributed by atoms with Gasteiger partial charge in [-0.3, -0.25) is 0 Å². The third kappa shape index (κ3) is 2.92. The summed E-state index contributed by atoms with van der Waals surface area (Å²) in [6, 6.07) is 27.9. The zero-order valence-corrected chi connectivity index (χ0v) is 16.3. The van der Waals surface area contributed by atoms with E-state index in [4.69, 9.17) is 0 Å². The fraction of sp³-hybridized carbons (Fsp3) is 0.120. The largest absolute Gasteiger partial charge is 0.222 e. The molecule has 28 heavy (non-hydrogen) atoms. The second-order valence-electron chi connectivity index (χ2n) is 6.87. The van der Waals surface area contributed by atoms with E-state index in [0.717, 1.165) is 29.5 Å². The van der Waals surface area contributed by atoms with Crippen molar-refractivity contribution in [2.75, 3.05) is 0 Å². The van der Waals surface area contributed by atoms with Crippen LogP contribution in [0.1, 0.15) is 24.0 Å². The minimum absolute atomic E-state index is 0.322. The van der Waals surface area contributed by atoms with Gasteiger partial charge in [0.1, 0.15) is 0 Å². The molecule has 0 amide bonds. The van der Waals surface area contributed by atoms with Gasteiger partial charge in [0.15, 0.2) is 14.6 Å². The summed E-state index contributed by atoms with van der Waals surface area (Å²) in [6.07, 6.45) is 7.87. The Hall–Kier alpha value is -2.91. The molecule has 0 atom stereocenters. The minimum atomic E-state index is -3.79. The molecule has 3 aromatic rings. The summed E-state index contributed by atoms with van der Waals surface area (Å²) in [4.78, 5) is 0.322. The van der Waals surface area contributed by atoms with Crippen LogP contribution < -0.4 is 0 Å². The third-order valence-corrected chi connectivity index (χ3v) is 7.62. The van der Waals surface area contributed by atoms with E-state index in [9.17, 15) is 8.42 Å². The van der Waals surface area contributed by atoms with E-state index in [1.165, 1.54) is 0 Å². The number of hydrogen-bond acceptors (Lipinski definition) is 2. The molecule has 0 heterocycles. The molecule has 0 aromatic heterocycles. The highest BCUT2D eigenvalue weighted by Crippen LogP contribution is 2.48. The molecule has 1 aliphatic rings. The fourth-order valence-electron chi connectivity index (χ4n) is 3.96. The Bertz CT molecular complexity index is 1060. The number of hydrogen-bond donors (Lipinski definition) is 0. The normalized spacial score (nSPS) is 14.5. The van der Waals surface area contributed by atoms with Crippen LogP contribution in [-0.4, -0.2) is 8.42 Å². The summed E-state index contributed by atoms with van der Waals surface area (Å²) < 4.78 is 27.3. The first-order valence-electron chi connectivity index (χ1n) is 9.45. The van der Waals surface area contributed by atoms with Crippen LogP contribution in [0.3, 0.4) is 0 Å². The van der Waals surface area contributed by atoms with E-state index < -0.39 is 14.6 Å². The van der Waals surface area contributed by atoms with E-state index >= 15 is 0 Å². The van der Waals surface area contributed by atoms with Crippen LogP contribution in [0.5, 0.6) is 0 Å². The minimum Gasteiger partial charge on any atom is -0.222 e. The molecule has 3 aromatic carbocycles. The summed E-state index contributed by atoms with van der Waals surface area (Å²) >= 11 is 0. The standard InChI is InChI=1S/C25H22O2S/c26-28(27,24-19-11-4-12-20-24)25(21-13-5-1-6-14-21,22-15-7-2-8-16-22)23-17-9-3-10-18-23/h1-2,4-9,11-20H,3,10H2. The molecule has 0 fully saturated rings. The van der Waals surface area contributed by atoms with Gasteiger partial charge in [0.2, 0.25) is 0 Å². The first kappa shape index (κ1) is 18.5. The lowest BCUT2D eigenvalue weighted by atomic mass is 9.81. The second-order valence-corrected chi connectivity index (χ2v) is 8.96. The first-order valence-corrected chi connectivity index (χ1v) is 10.9. The van der Waals surface area contributed by atoms with Crippen LogP contribution in [-0.2, 0) is 14.6 Å². The van der Waals surface area contributed by atoms with Gasteiger partial charge in [0.25, 0.3) is 0 Å². The van der Waals surface area contributed by atoms with Gasteiger partial charge in [-0.05, 0) is 41.7 Å². The van der Waals surface area contributed by atoms with Crippen molar-refractivity contribution in [2.45, 2.75) is 22.5 Å². The number of sulfone groups is 1. The molecule has 0 unspecified atom stereocenters. The van der Waals surface area contributed by atoms with E-state index in [0.29, 0.717) is 4.90 Å². The average Bonchev–Trinajstić information content (AvgIpc) is 2.77. The molecule has 0 bridgehead atoms. The van der Waals surface area contributed by atoms with Crippen molar-refractivity contribution in [1.29, 1.82) is 0 Å². The SMILES string of the molecule is O=S(=O)(c1ccccc1)C(C1=CCCC=C1)(c1ccccc1)c1ccccc1. The fourth-order valence-corrected chi connectivity index (χ4v) is 6.19. The zero-order valence-electron chi connectivity index (χ0n) is 15.5. The van der Waals surface area contributed by atoms with Crippen molar-refractivity contribution in [1.82, 2.24) is 0 Å². The Morgan fingerprint density at radius 1 is 0.643 bits per heavy atom. The maximum absolute atomic E-state index is 14.3. The van der Waals surface area contributed by atoms with Crippen molar-refractivity contribution in [3.63, 3.8) is 0 Å². The molecule has 0 spiro atoms. The highest BCUT2D eigenvalue weighted by Gasteiger charge is 2.50. The Labute approximate surface area is 166 Å². The van der Waals surface area contributed by atoms with Gasteiger partial charge in [-0.15, -0.1) is 0 Å². The lowest BCUT2D eigenvalue weighted by molar-refractivity contribution is 0.571. The van der Waals surface area contributed by atoms with Gasteiger partial charge < -0.3 is 0 Å². The van der Waals surface area contributed by atoms with Crippen molar-refractivity contribution in [3.8, 4) is 0 Å². The second kappa shape index (κ2) is 7.61. The predicted octanol–water partition coefficient (Wildman–Crippen LogP) is 5.68. The molecular weight excluding hydrogens is 364 g/mol. The summed E-state index contributed by atoms with van der Waals surface area (Å²) in [6.45, 7) is 0. The average molecular weight is 387 g/mol. The topological polar surface area (TPSA) is 34.1 Å². The summed E-state index contributed by atoms with van der Waals surface area (Å²) in [5, 5.41) is 0. The van der Waals surface area contributed by atoms with Crippen LogP contribution in [0.2, 0.25) is 0 Å². The summed E-state index contributed by atoms with van der Waals surface area (Å²) in [7, 11) is -3.79. The van der Waals surface area contributed by atoms with E-state index in [2.05, 4.69) is 12.2 Å². The van der Waals surface area contributed by atoms with Gasteiger partial charge >= 0.3 is 0 Å². The highest BCUT2D eigenvalue weighted by atomic mass is 32.2. The Balaban J connectivity index is 2.14. The molecule has 0 N–H and O–H groups in total. The van der Waals surface area contributed by atoms with E-state index in [1.54, 1.807) is 24.3 Å². The van der Waals surface area contributed by atoms with Crippen LogP contribution in [0.4, 0.5) is 0 Å². The summed E-state index contributed by atoms with van der Waals surface area (Å²) in [5.41, 5.74) is 2.31. The van der Waals surface area contributed by atoms with Crippen molar-refractivity contribution < 1.29 is 8.42 Å². The summed E-state index contributed by atoms with van der Waals surface area (Å²) in [5.74, 6) is 0. The Morgan fingerprint density at radius 3 is 1.61 bits per heavy atom. The number of benzene rings is 3. The zero-order chi connectivity index (χ0) is 19.5. The first-order chi connectivity index (χ1) is 13.7. The van der Waals surface area contributed by atoms with Crippen LogP contribution in [0, 0.1) is 0 Å². The van der Waals surface area contributed by atoms with Crippen LogP contribution >= 0.6 is 0 Å². The number of allylic oxidation sites excluding steroid dienone is 3. The molecule has 0 saturated heterocycles. The molecule has 1 aliphatic carbocycles. The molecule has 0 radical (unpaired) electrons. The predicted molar refractivity (Wildman–Crippen MR) is 114 cm³/mol. The third-order valence-electron chi connectivity index (χ3n) is 5.22. The molecule has 4 rings (SSSR count). The maximum atomic E-state index is 14.3. The van der Waals surface area contributed by atoms with Gasteiger partial charge in [-0.25, -0.2) is 8.42 Å². The van der Waals surface area contributed by atoms with Crippen molar-refractivity contribution in [3.05, 3.63) is 126 Å². The molecule has 0 aliphatic heterocycles. The van der Waals surface area contributed by atoms with Crippen molar-refractivity contribution >= 4 is 9.84 Å². The monoisotopic (exact) mass is 386 g/mol. The lowest BCUT2D eigenvalue weighted by Gasteiger charge is -2.37. The maximum Gasteiger partial charge on any atom is 0.196 e. The molecule has 2 nitrogen and oxygen atoms in total. The van der Waals surface area contributed by atoms with Crippen molar-refractivity contribution in [2.24, 2.45) is 0 Å². The van der Waals surface area contributed by atoms with Gasteiger partial charge in [-0.1, -0.05) is 97.1 Å². The smallest absolute Gasteiger partial charge is 0.196 e. The van der Waals surface area contributed by atoms with Gasteiger partial charge in [0.05, 0.1) is 4.90 Å². The Morgan fingerprint density at radius 2 is 1.14 bits per heavy atom. The highest BCUT2D eigenvalue weighted by molar-refractivity contribution is 7.92. The van der Waals surface area contributed by atoms with Gasteiger partial charge in [0, 0.05) is 0 Å². The number of rotatable bonds is 5. The molecule has 140 valence electrons. The van der Waals surface area contributed by atoms with E-state index in [1.807, 2.05) is 72.8 Å². The van der Waals surface area contributed by atoms with Crippen LogP contribution in [0.15, 0.2) is 120 Å². The lowest BCUT2D eigenvalue weighted by Crippen LogP contribution is -2.39. The van der Waals surface area contributed by atoms with Crippen LogP contribution in [0.25, 0.3) is 0 Å².